The fraction of sp³-hybridized carbons (Fsp3) is 0.240. The zero-order valence-electron chi connectivity index (χ0n) is 36.9. The number of halogens is 4. The quantitative estimate of drug-likeness (QED) is 0.0424. The zero-order valence-corrected chi connectivity index (χ0v) is 39.2. The number of benzene rings is 4. The molecule has 348 valence electrons. The number of aliphatic hydroxyl groups excluding tert-OH is 1. The summed E-state index contributed by atoms with van der Waals surface area (Å²) in [6, 6.07) is 19.4. The molecule has 0 unspecified atom stereocenters. The van der Waals surface area contributed by atoms with Crippen molar-refractivity contribution in [3.05, 3.63) is 147 Å². The van der Waals surface area contributed by atoms with Gasteiger partial charge in [0.15, 0.2) is 11.6 Å². The minimum Gasteiger partial charge on any atom is -0.508 e. The lowest BCUT2D eigenvalue weighted by Gasteiger charge is -2.23. The van der Waals surface area contributed by atoms with Gasteiger partial charge in [-0.1, -0.05) is 65.1 Å². The van der Waals surface area contributed by atoms with E-state index in [-0.39, 0.29) is 65.4 Å². The van der Waals surface area contributed by atoms with Crippen LogP contribution in [0.5, 0.6) is 28.9 Å². The van der Waals surface area contributed by atoms with Gasteiger partial charge in [-0.05, 0) is 91.6 Å². The van der Waals surface area contributed by atoms with E-state index in [2.05, 4.69) is 16.5 Å². The van der Waals surface area contributed by atoms with Gasteiger partial charge in [0.05, 0.1) is 54.8 Å². The molecule has 2 N–H and O–H groups in total. The van der Waals surface area contributed by atoms with E-state index in [0.717, 1.165) is 0 Å². The van der Waals surface area contributed by atoms with Crippen molar-refractivity contribution in [3.8, 4) is 62.5 Å². The number of phenolic OH excluding ortho intramolecular Hbond substituents is 1. The van der Waals surface area contributed by atoms with Crippen molar-refractivity contribution >= 4 is 46.3 Å². The molecular formula is C50H46Cl3FN4O9. The second-order valence-electron chi connectivity index (χ2n) is 15.0. The SMILES string of the molecule is C=CCOC[C@H](CO)Oc1c(Cl)c(C)c(-c2c(-c3ccc(F)cc3)c(Cl)n3ccnc(O[C@H](Cc4cc(O)ccc4OCc4ccnc(-c5ccccc5OC)n4)C(=O)OCC)c23)c(C)c1Cl. The normalized spacial score (nSPS) is 12.1. The summed E-state index contributed by atoms with van der Waals surface area (Å²) in [4.78, 5) is 27.7. The van der Waals surface area contributed by atoms with E-state index in [9.17, 15) is 19.4 Å². The Labute approximate surface area is 401 Å². The maximum Gasteiger partial charge on any atom is 0.347 e. The number of hydrogen-bond acceptors (Lipinski definition) is 12. The van der Waals surface area contributed by atoms with Crippen LogP contribution in [0.25, 0.3) is 39.2 Å². The first kappa shape index (κ1) is 48.5. The van der Waals surface area contributed by atoms with Crippen LogP contribution in [-0.2, 0) is 27.3 Å². The number of phenols is 1. The lowest BCUT2D eigenvalue weighted by molar-refractivity contribution is -0.151. The summed E-state index contributed by atoms with van der Waals surface area (Å²) in [5, 5.41) is 21.3. The van der Waals surface area contributed by atoms with E-state index in [0.29, 0.717) is 73.0 Å². The summed E-state index contributed by atoms with van der Waals surface area (Å²) in [5.41, 5.74) is 4.92. The first-order chi connectivity index (χ1) is 32.4. The lowest BCUT2D eigenvalue weighted by atomic mass is 9.90. The third-order valence-electron chi connectivity index (χ3n) is 10.7. The van der Waals surface area contributed by atoms with Gasteiger partial charge in [-0.15, -0.1) is 6.58 Å². The highest BCUT2D eigenvalue weighted by atomic mass is 35.5. The summed E-state index contributed by atoms with van der Waals surface area (Å²) in [6.45, 7) is 8.76. The Morgan fingerprint density at radius 1 is 0.925 bits per heavy atom. The fourth-order valence-corrected chi connectivity index (χ4v) is 8.39. The van der Waals surface area contributed by atoms with Gasteiger partial charge in [-0.3, -0.25) is 0 Å². The summed E-state index contributed by atoms with van der Waals surface area (Å²) in [6.07, 6.45) is 3.94. The Morgan fingerprint density at radius 2 is 1.67 bits per heavy atom. The van der Waals surface area contributed by atoms with Crippen LogP contribution in [0.2, 0.25) is 15.2 Å². The van der Waals surface area contributed by atoms with Crippen molar-refractivity contribution < 1.29 is 47.8 Å². The number of carbonyl (C=O) groups is 1. The number of para-hydroxylation sites is 1. The third kappa shape index (κ3) is 10.6. The summed E-state index contributed by atoms with van der Waals surface area (Å²) in [7, 11) is 1.57. The molecule has 3 aromatic heterocycles. The molecule has 0 amide bonds. The summed E-state index contributed by atoms with van der Waals surface area (Å²) < 4.78 is 51.7. The van der Waals surface area contributed by atoms with Crippen LogP contribution in [-0.4, -0.2) is 81.3 Å². The van der Waals surface area contributed by atoms with E-state index in [4.69, 9.17) is 68.2 Å². The molecule has 0 spiro atoms. The van der Waals surface area contributed by atoms with Crippen molar-refractivity contribution in [2.75, 3.05) is 33.5 Å². The van der Waals surface area contributed by atoms with Gasteiger partial charge in [0.1, 0.15) is 46.4 Å². The van der Waals surface area contributed by atoms with Crippen molar-refractivity contribution in [3.63, 3.8) is 0 Å². The fourth-order valence-electron chi connectivity index (χ4n) is 7.53. The zero-order chi connectivity index (χ0) is 47.8. The molecule has 0 aliphatic heterocycles. The van der Waals surface area contributed by atoms with Crippen LogP contribution in [0.4, 0.5) is 4.39 Å². The second-order valence-corrected chi connectivity index (χ2v) is 16.2. The molecule has 7 rings (SSSR count). The molecule has 4 aromatic carbocycles. The third-order valence-corrected chi connectivity index (χ3v) is 11.9. The lowest BCUT2D eigenvalue weighted by Crippen LogP contribution is -2.32. The van der Waals surface area contributed by atoms with Crippen molar-refractivity contribution in [1.29, 1.82) is 0 Å². The highest BCUT2D eigenvalue weighted by Crippen LogP contribution is 2.52. The Morgan fingerprint density at radius 3 is 2.37 bits per heavy atom. The molecule has 0 saturated heterocycles. The van der Waals surface area contributed by atoms with E-state index in [1.54, 1.807) is 75.0 Å². The second kappa shape index (κ2) is 21.9. The van der Waals surface area contributed by atoms with Crippen LogP contribution in [0.15, 0.2) is 104 Å². The molecular weight excluding hydrogens is 926 g/mol. The molecule has 3 heterocycles. The Kier molecular flexibility index (Phi) is 15.9. The van der Waals surface area contributed by atoms with E-state index >= 15 is 0 Å². The molecule has 2 atom stereocenters. The van der Waals surface area contributed by atoms with E-state index < -0.39 is 30.6 Å². The molecule has 0 bridgehead atoms. The number of fused-ring (bicyclic) bond motifs is 1. The minimum absolute atomic E-state index is 0.00378. The molecule has 13 nitrogen and oxygen atoms in total. The van der Waals surface area contributed by atoms with Gasteiger partial charge in [-0.2, -0.15) is 0 Å². The summed E-state index contributed by atoms with van der Waals surface area (Å²) in [5.74, 6) is 0.184. The number of aromatic hydroxyl groups is 1. The van der Waals surface area contributed by atoms with Gasteiger partial charge >= 0.3 is 5.97 Å². The van der Waals surface area contributed by atoms with Crippen LogP contribution in [0, 0.1) is 19.7 Å². The largest absolute Gasteiger partial charge is 0.508 e. The van der Waals surface area contributed by atoms with Gasteiger partial charge in [0.25, 0.3) is 0 Å². The number of carbonyl (C=O) groups excluding carboxylic acids is 1. The number of ether oxygens (including phenoxy) is 6. The molecule has 0 aliphatic rings. The standard InChI is InChI=1S/C50H46Cl3FN4O9/c1-6-22-63-27-35(25-59)66-46-43(51)28(3)40(29(4)44(46)52)42-41(30-12-14-32(54)15-13-30)47(53)58-21-20-56-49(45(42)58)67-39(50(61)64-7-2)24-31-23-34(60)16-17-37(31)65-26-33-18-19-55-48(57-33)36-10-8-9-11-38(36)62-5/h6,8-21,23,35,39,59-60H,1,7,22,24-27H2,2-5H3/t35-,39+/m0/s1. The average Bonchev–Trinajstić information content (AvgIpc) is 3.63. The van der Waals surface area contributed by atoms with E-state index in [1.165, 1.54) is 30.5 Å². The van der Waals surface area contributed by atoms with Gasteiger partial charge in [-0.25, -0.2) is 24.1 Å². The number of methoxy groups -OCH3 is 1. The van der Waals surface area contributed by atoms with Crippen LogP contribution in [0.3, 0.4) is 0 Å². The first-order valence-electron chi connectivity index (χ1n) is 21.0. The molecule has 0 aliphatic carbocycles. The Balaban J connectivity index is 1.31. The van der Waals surface area contributed by atoms with Crippen molar-refractivity contribution in [1.82, 2.24) is 19.4 Å². The molecule has 67 heavy (non-hydrogen) atoms. The Bertz CT molecular complexity index is 2890. The number of nitrogens with zero attached hydrogens (tertiary/aromatic N) is 4. The maximum absolute atomic E-state index is 14.4. The van der Waals surface area contributed by atoms with Gasteiger partial charge in [0, 0.05) is 41.7 Å². The number of esters is 1. The monoisotopic (exact) mass is 970 g/mol. The molecule has 0 fully saturated rings. The number of hydrogen-bond donors (Lipinski definition) is 2. The molecule has 0 radical (unpaired) electrons. The van der Waals surface area contributed by atoms with Crippen LogP contribution in [0.1, 0.15) is 29.3 Å². The topological polar surface area (TPSA) is 156 Å². The minimum atomic E-state index is -1.36. The van der Waals surface area contributed by atoms with Gasteiger partial charge < -0.3 is 43.0 Å². The number of aromatic nitrogens is 4. The van der Waals surface area contributed by atoms with E-state index in [1.807, 2.05) is 24.3 Å². The van der Waals surface area contributed by atoms with Crippen LogP contribution >= 0.6 is 34.8 Å². The average molecular weight is 972 g/mol. The highest BCUT2D eigenvalue weighted by molar-refractivity contribution is 6.39. The Hall–Kier alpha value is -6.42. The number of rotatable bonds is 20. The predicted octanol–water partition coefficient (Wildman–Crippen LogP) is 10.6. The highest BCUT2D eigenvalue weighted by Gasteiger charge is 2.32. The smallest absolute Gasteiger partial charge is 0.347 e. The molecule has 17 heteroatoms. The van der Waals surface area contributed by atoms with Crippen LogP contribution < -0.4 is 18.9 Å². The van der Waals surface area contributed by atoms with Crippen molar-refractivity contribution in [2.24, 2.45) is 0 Å². The first-order valence-corrected chi connectivity index (χ1v) is 22.1. The number of aliphatic hydroxyl groups is 1. The van der Waals surface area contributed by atoms with Gasteiger partial charge in [0.2, 0.25) is 12.0 Å². The summed E-state index contributed by atoms with van der Waals surface area (Å²) >= 11 is 21.5. The molecule has 7 aromatic rings. The maximum atomic E-state index is 14.4. The predicted molar refractivity (Wildman–Crippen MR) is 254 cm³/mol. The molecule has 0 saturated carbocycles. The van der Waals surface area contributed by atoms with Crippen molar-refractivity contribution in [2.45, 2.75) is 46.0 Å².